The number of carbonyl (C=O) groups is 1. The van der Waals surface area contributed by atoms with Crippen LogP contribution in [0.1, 0.15) is 27.9 Å². The molecule has 0 saturated carbocycles. The number of hydrogen-bond donors (Lipinski definition) is 2. The summed E-state index contributed by atoms with van der Waals surface area (Å²) in [7, 11) is -3.73. The van der Waals surface area contributed by atoms with Gasteiger partial charge in [-0.15, -0.1) is 11.3 Å². The lowest BCUT2D eigenvalue weighted by atomic mass is 10.0. The van der Waals surface area contributed by atoms with E-state index in [9.17, 15) is 13.2 Å². The van der Waals surface area contributed by atoms with Crippen LogP contribution < -0.4 is 4.72 Å². The van der Waals surface area contributed by atoms with Gasteiger partial charge in [0, 0.05) is 11.5 Å². The minimum absolute atomic E-state index is 0.0192. The lowest BCUT2D eigenvalue weighted by Crippen LogP contribution is -2.46. The molecular formula is C11H15NO5S2. The molecule has 0 bridgehead atoms. The fourth-order valence-corrected chi connectivity index (χ4v) is 4.82. The van der Waals surface area contributed by atoms with E-state index in [1.54, 1.807) is 13.8 Å². The van der Waals surface area contributed by atoms with Crippen LogP contribution in [0.3, 0.4) is 0 Å². The Labute approximate surface area is 115 Å². The Morgan fingerprint density at radius 3 is 2.74 bits per heavy atom. The van der Waals surface area contributed by atoms with Crippen molar-refractivity contribution in [1.29, 1.82) is 0 Å². The van der Waals surface area contributed by atoms with E-state index in [4.69, 9.17) is 9.84 Å². The zero-order valence-corrected chi connectivity index (χ0v) is 12.2. The maximum absolute atomic E-state index is 12.3. The average molecular weight is 305 g/mol. The number of sulfonamides is 1. The number of ether oxygens (including phenoxy) is 1. The third-order valence-corrected chi connectivity index (χ3v) is 5.90. The Morgan fingerprint density at radius 1 is 1.58 bits per heavy atom. The van der Waals surface area contributed by atoms with Gasteiger partial charge in [0.2, 0.25) is 10.0 Å². The molecule has 1 atom stereocenters. The van der Waals surface area contributed by atoms with Gasteiger partial charge in [0.05, 0.1) is 17.0 Å². The summed E-state index contributed by atoms with van der Waals surface area (Å²) in [5, 5.41) is 8.90. The fraction of sp³-hybridized carbons (Fsp3) is 0.545. The number of thiophene rings is 1. The monoisotopic (exact) mass is 305 g/mol. The number of aromatic carboxylic acids is 1. The largest absolute Gasteiger partial charge is 0.477 e. The van der Waals surface area contributed by atoms with Gasteiger partial charge < -0.3 is 9.84 Å². The Bertz CT molecular complexity index is 599. The zero-order chi connectivity index (χ0) is 14.3. The van der Waals surface area contributed by atoms with Crippen molar-refractivity contribution in [3.63, 3.8) is 0 Å². The van der Waals surface area contributed by atoms with E-state index in [0.29, 0.717) is 24.5 Å². The first-order chi connectivity index (χ1) is 8.73. The molecule has 0 amide bonds. The van der Waals surface area contributed by atoms with Gasteiger partial charge in [-0.2, -0.15) is 0 Å². The van der Waals surface area contributed by atoms with Crippen molar-refractivity contribution in [3.05, 3.63) is 15.8 Å². The SMILES string of the molecule is Cc1sc(C(=O)O)cc1S(=O)(=O)NC1(C)CCOC1. The molecule has 106 valence electrons. The molecule has 0 aromatic carbocycles. The lowest BCUT2D eigenvalue weighted by Gasteiger charge is -2.23. The van der Waals surface area contributed by atoms with E-state index in [1.165, 1.54) is 6.07 Å². The van der Waals surface area contributed by atoms with Crippen molar-refractivity contribution in [2.24, 2.45) is 0 Å². The van der Waals surface area contributed by atoms with Gasteiger partial charge in [0.25, 0.3) is 0 Å². The van der Waals surface area contributed by atoms with Gasteiger partial charge >= 0.3 is 5.97 Å². The summed E-state index contributed by atoms with van der Waals surface area (Å²) in [5.74, 6) is -1.12. The third-order valence-electron chi connectivity index (χ3n) is 2.97. The summed E-state index contributed by atoms with van der Waals surface area (Å²) in [5.41, 5.74) is -0.628. The number of carboxylic acids is 1. The lowest BCUT2D eigenvalue weighted by molar-refractivity contribution is 0.0702. The van der Waals surface area contributed by atoms with E-state index in [-0.39, 0.29) is 9.77 Å². The Hall–Kier alpha value is -0.960. The molecule has 0 spiro atoms. The molecule has 1 unspecified atom stereocenters. The highest BCUT2D eigenvalue weighted by atomic mass is 32.2. The first-order valence-corrected chi connectivity index (χ1v) is 7.99. The molecule has 1 aliphatic heterocycles. The van der Waals surface area contributed by atoms with Crippen molar-refractivity contribution < 1.29 is 23.1 Å². The summed E-state index contributed by atoms with van der Waals surface area (Å²) < 4.78 is 32.4. The molecule has 1 fully saturated rings. The van der Waals surface area contributed by atoms with Crippen LogP contribution in [-0.2, 0) is 14.8 Å². The van der Waals surface area contributed by atoms with Crippen LogP contribution in [-0.4, -0.2) is 38.2 Å². The Kier molecular flexibility index (Phi) is 3.69. The second-order valence-corrected chi connectivity index (χ2v) is 7.71. The molecule has 1 aromatic rings. The highest BCUT2D eigenvalue weighted by Crippen LogP contribution is 2.28. The van der Waals surface area contributed by atoms with Crippen molar-refractivity contribution >= 4 is 27.3 Å². The summed E-state index contributed by atoms with van der Waals surface area (Å²) in [6, 6.07) is 1.20. The maximum Gasteiger partial charge on any atom is 0.345 e. The molecule has 8 heteroatoms. The van der Waals surface area contributed by atoms with E-state index in [0.717, 1.165) is 11.3 Å². The van der Waals surface area contributed by atoms with Gasteiger partial charge in [-0.25, -0.2) is 17.9 Å². The molecule has 2 rings (SSSR count). The molecule has 2 heterocycles. The number of aryl methyl sites for hydroxylation is 1. The van der Waals surface area contributed by atoms with Crippen molar-refractivity contribution in [2.45, 2.75) is 30.7 Å². The topological polar surface area (TPSA) is 92.7 Å². The third kappa shape index (κ3) is 2.97. The second-order valence-electron chi connectivity index (χ2n) is 4.80. The normalized spacial score (nSPS) is 23.7. The highest BCUT2D eigenvalue weighted by Gasteiger charge is 2.35. The Balaban J connectivity index is 2.31. The number of carboxylic acid groups (broad SMARTS) is 1. The summed E-state index contributed by atoms with van der Waals surface area (Å²) in [6.45, 7) is 4.21. The first kappa shape index (κ1) is 14.4. The van der Waals surface area contributed by atoms with Gasteiger partial charge in [0.1, 0.15) is 4.88 Å². The van der Waals surface area contributed by atoms with Crippen LogP contribution in [0.25, 0.3) is 0 Å². The molecule has 6 nitrogen and oxygen atoms in total. The van der Waals surface area contributed by atoms with E-state index < -0.39 is 21.5 Å². The molecule has 0 radical (unpaired) electrons. The molecule has 1 aliphatic rings. The van der Waals surface area contributed by atoms with Gasteiger partial charge in [0.15, 0.2) is 0 Å². The molecule has 0 aliphatic carbocycles. The molecule has 1 aromatic heterocycles. The van der Waals surface area contributed by atoms with Gasteiger partial charge in [-0.3, -0.25) is 0 Å². The summed E-state index contributed by atoms with van der Waals surface area (Å²) >= 11 is 0.956. The smallest absolute Gasteiger partial charge is 0.345 e. The predicted octanol–water partition coefficient (Wildman–Crippen LogP) is 1.21. The highest BCUT2D eigenvalue weighted by molar-refractivity contribution is 7.89. The number of rotatable bonds is 4. The van der Waals surface area contributed by atoms with Gasteiger partial charge in [-0.1, -0.05) is 0 Å². The zero-order valence-electron chi connectivity index (χ0n) is 10.6. The maximum atomic E-state index is 12.3. The molecule has 19 heavy (non-hydrogen) atoms. The van der Waals surface area contributed by atoms with E-state index in [2.05, 4.69) is 4.72 Å². The number of nitrogens with one attached hydrogen (secondary N) is 1. The average Bonchev–Trinajstić information content (AvgIpc) is 2.84. The summed E-state index contributed by atoms with van der Waals surface area (Å²) in [4.78, 5) is 11.4. The molecular weight excluding hydrogens is 290 g/mol. The van der Waals surface area contributed by atoms with Crippen molar-refractivity contribution in [1.82, 2.24) is 4.72 Å². The minimum atomic E-state index is -3.73. The fourth-order valence-electron chi connectivity index (χ4n) is 1.96. The summed E-state index contributed by atoms with van der Waals surface area (Å²) in [6.07, 6.45) is 0.598. The van der Waals surface area contributed by atoms with Crippen LogP contribution in [0.15, 0.2) is 11.0 Å². The minimum Gasteiger partial charge on any atom is -0.477 e. The first-order valence-electron chi connectivity index (χ1n) is 5.69. The second kappa shape index (κ2) is 4.86. The van der Waals surface area contributed by atoms with Crippen LogP contribution in [0.2, 0.25) is 0 Å². The van der Waals surface area contributed by atoms with Crippen molar-refractivity contribution in [2.75, 3.05) is 13.2 Å². The van der Waals surface area contributed by atoms with E-state index >= 15 is 0 Å². The standard InChI is InChI=1S/C11H15NO5S2/c1-7-9(5-8(18-7)10(13)14)19(15,16)12-11(2)3-4-17-6-11/h5,12H,3-4,6H2,1-2H3,(H,13,14). The van der Waals surface area contributed by atoms with Crippen LogP contribution in [0.4, 0.5) is 0 Å². The van der Waals surface area contributed by atoms with Crippen LogP contribution >= 0.6 is 11.3 Å². The number of hydrogen-bond acceptors (Lipinski definition) is 5. The molecule has 1 saturated heterocycles. The molecule has 2 N–H and O–H groups in total. The van der Waals surface area contributed by atoms with E-state index in [1.807, 2.05) is 0 Å². The van der Waals surface area contributed by atoms with Crippen molar-refractivity contribution in [3.8, 4) is 0 Å². The van der Waals surface area contributed by atoms with Crippen LogP contribution in [0, 0.1) is 6.92 Å². The predicted molar refractivity (Wildman–Crippen MR) is 70.2 cm³/mol. The Morgan fingerprint density at radius 2 is 2.26 bits per heavy atom. The van der Waals surface area contributed by atoms with Gasteiger partial charge in [-0.05, 0) is 26.3 Å². The van der Waals surface area contributed by atoms with Crippen LogP contribution in [0.5, 0.6) is 0 Å². The quantitative estimate of drug-likeness (QED) is 0.872.